The van der Waals surface area contributed by atoms with Crippen molar-refractivity contribution in [2.45, 2.75) is 19.4 Å². The zero-order valence-corrected chi connectivity index (χ0v) is 16.1. The summed E-state index contributed by atoms with van der Waals surface area (Å²) < 4.78 is 11.2. The van der Waals surface area contributed by atoms with E-state index in [2.05, 4.69) is 5.32 Å². The number of aromatic nitrogens is 1. The van der Waals surface area contributed by atoms with Crippen LogP contribution in [0.2, 0.25) is 0 Å². The number of benzene rings is 1. The van der Waals surface area contributed by atoms with Crippen molar-refractivity contribution in [2.24, 2.45) is 0 Å². The summed E-state index contributed by atoms with van der Waals surface area (Å²) in [7, 11) is 0. The van der Waals surface area contributed by atoms with E-state index in [-0.39, 0.29) is 30.7 Å². The minimum absolute atomic E-state index is 0.0537. The van der Waals surface area contributed by atoms with E-state index >= 15 is 0 Å². The molecule has 0 fully saturated rings. The number of carbonyl (C=O) groups excluding carboxylic acids is 2. The second-order valence-electron chi connectivity index (χ2n) is 6.02. The van der Waals surface area contributed by atoms with Gasteiger partial charge in [0.25, 0.3) is 11.6 Å². The smallest absolute Gasteiger partial charge is 0.419 e. The first-order valence-electron chi connectivity index (χ1n) is 8.60. The highest BCUT2D eigenvalue weighted by Crippen LogP contribution is 2.22. The summed E-state index contributed by atoms with van der Waals surface area (Å²) in [6.07, 6.45) is 0.178. The number of fused-ring (bicyclic) bond motifs is 1. The molecule has 0 aliphatic heterocycles. The van der Waals surface area contributed by atoms with Gasteiger partial charge >= 0.3 is 11.7 Å². The summed E-state index contributed by atoms with van der Waals surface area (Å²) in [6, 6.07) is 7.31. The summed E-state index contributed by atoms with van der Waals surface area (Å²) in [5, 5.41) is 24.2. The molecule has 1 aromatic carbocycles. The topological polar surface area (TPSA) is 157 Å². The fourth-order valence-corrected chi connectivity index (χ4v) is 3.39. The summed E-state index contributed by atoms with van der Waals surface area (Å²) in [5.41, 5.74) is 0.582. The molecule has 0 spiro atoms. The number of nitro benzene ring substituents is 1. The standard InChI is InChI=1S/C18H14N4O7S/c19-9-11-5-7-30-17(11)20-15(23)10-28-16(24)2-1-6-21-13-4-3-12(22(26)27)8-14(13)29-18(21)25/h3-5,7-8H,1-2,6,10H2,(H,20,23). The number of carbonyl (C=O) groups is 2. The van der Waals surface area contributed by atoms with Crippen molar-refractivity contribution in [2.75, 3.05) is 11.9 Å². The zero-order chi connectivity index (χ0) is 21.7. The highest BCUT2D eigenvalue weighted by atomic mass is 32.1. The SMILES string of the molecule is N#Cc1ccsc1NC(=O)COC(=O)CCCn1c(=O)oc2cc([N+](=O)[O-])ccc21. The molecule has 2 aromatic heterocycles. The Morgan fingerprint density at radius 1 is 1.37 bits per heavy atom. The van der Waals surface area contributed by atoms with Crippen LogP contribution in [0.1, 0.15) is 18.4 Å². The van der Waals surface area contributed by atoms with Gasteiger partial charge < -0.3 is 14.5 Å². The van der Waals surface area contributed by atoms with Crippen LogP contribution < -0.4 is 11.1 Å². The van der Waals surface area contributed by atoms with Crippen LogP contribution in [0.15, 0.2) is 38.9 Å². The predicted octanol–water partition coefficient (Wildman–Crippen LogP) is 2.40. The molecule has 3 rings (SSSR count). The summed E-state index contributed by atoms with van der Waals surface area (Å²) in [4.78, 5) is 45.8. The van der Waals surface area contributed by atoms with Crippen molar-refractivity contribution >= 4 is 45.0 Å². The molecule has 30 heavy (non-hydrogen) atoms. The van der Waals surface area contributed by atoms with E-state index < -0.39 is 29.2 Å². The Bertz CT molecular complexity index is 1220. The molecule has 1 N–H and O–H groups in total. The van der Waals surface area contributed by atoms with E-state index in [1.54, 1.807) is 11.4 Å². The van der Waals surface area contributed by atoms with Crippen LogP contribution in [0.3, 0.4) is 0 Å². The van der Waals surface area contributed by atoms with Crippen molar-refractivity contribution in [3.8, 4) is 6.07 Å². The number of hydrogen-bond donors (Lipinski definition) is 1. The molecule has 0 atom stereocenters. The fourth-order valence-electron chi connectivity index (χ4n) is 2.64. The summed E-state index contributed by atoms with van der Waals surface area (Å²) in [5.74, 6) is -1.89. The Labute approximate surface area is 172 Å². The lowest BCUT2D eigenvalue weighted by Crippen LogP contribution is -2.21. The van der Waals surface area contributed by atoms with Gasteiger partial charge in [-0.05, 0) is 23.9 Å². The van der Waals surface area contributed by atoms with E-state index in [4.69, 9.17) is 14.4 Å². The molecule has 2 heterocycles. The third kappa shape index (κ3) is 4.70. The Morgan fingerprint density at radius 3 is 2.90 bits per heavy atom. The monoisotopic (exact) mass is 430 g/mol. The lowest BCUT2D eigenvalue weighted by atomic mass is 10.2. The Morgan fingerprint density at radius 2 is 2.17 bits per heavy atom. The zero-order valence-electron chi connectivity index (χ0n) is 15.3. The number of amides is 1. The van der Waals surface area contributed by atoms with Gasteiger partial charge in [-0.3, -0.25) is 24.3 Å². The molecule has 1 amide bonds. The maximum Gasteiger partial charge on any atom is 0.419 e. The number of nitrogens with zero attached hydrogens (tertiary/aromatic N) is 3. The predicted molar refractivity (Wildman–Crippen MR) is 105 cm³/mol. The van der Waals surface area contributed by atoms with Crippen LogP contribution in [-0.2, 0) is 20.9 Å². The molecular formula is C18H14N4O7S. The lowest BCUT2D eigenvalue weighted by molar-refractivity contribution is -0.384. The maximum absolute atomic E-state index is 11.9. The largest absolute Gasteiger partial charge is 0.456 e. The second kappa shape index (κ2) is 9.01. The number of thiophene rings is 1. The molecule has 0 bridgehead atoms. The van der Waals surface area contributed by atoms with Gasteiger partial charge in [-0.1, -0.05) is 0 Å². The van der Waals surface area contributed by atoms with Gasteiger partial charge in [0.05, 0.1) is 22.1 Å². The van der Waals surface area contributed by atoms with Gasteiger partial charge in [0.15, 0.2) is 12.2 Å². The third-order valence-electron chi connectivity index (χ3n) is 4.03. The maximum atomic E-state index is 11.9. The van der Waals surface area contributed by atoms with Gasteiger partial charge in [0.1, 0.15) is 11.1 Å². The number of nitriles is 1. The van der Waals surface area contributed by atoms with Gasteiger partial charge in [0.2, 0.25) is 0 Å². The number of hydrogen-bond acceptors (Lipinski definition) is 9. The van der Waals surface area contributed by atoms with Crippen molar-refractivity contribution in [1.82, 2.24) is 4.57 Å². The van der Waals surface area contributed by atoms with Gasteiger partial charge in [0, 0.05) is 19.0 Å². The van der Waals surface area contributed by atoms with Crippen molar-refractivity contribution in [3.63, 3.8) is 0 Å². The molecular weight excluding hydrogens is 416 g/mol. The molecule has 11 nitrogen and oxygen atoms in total. The quantitative estimate of drug-likeness (QED) is 0.324. The first kappa shape index (κ1) is 20.7. The fraction of sp³-hybridized carbons (Fsp3) is 0.222. The van der Waals surface area contributed by atoms with Gasteiger partial charge in [-0.2, -0.15) is 5.26 Å². The average Bonchev–Trinajstić information content (AvgIpc) is 3.29. The number of aryl methyl sites for hydroxylation is 1. The molecule has 0 aliphatic rings. The van der Waals surface area contributed by atoms with Crippen LogP contribution >= 0.6 is 11.3 Å². The second-order valence-corrected chi connectivity index (χ2v) is 6.93. The highest BCUT2D eigenvalue weighted by molar-refractivity contribution is 7.14. The first-order chi connectivity index (χ1) is 14.4. The Hall–Kier alpha value is -3.98. The molecule has 3 aromatic rings. The van der Waals surface area contributed by atoms with Crippen molar-refractivity contribution < 1.29 is 23.7 Å². The number of nitro groups is 1. The number of ether oxygens (including phenoxy) is 1. The number of oxazole rings is 1. The van der Waals surface area contributed by atoms with Crippen LogP contribution in [0.4, 0.5) is 10.7 Å². The minimum atomic E-state index is -0.692. The van der Waals surface area contributed by atoms with E-state index in [0.717, 1.165) is 6.07 Å². The number of anilines is 1. The Balaban J connectivity index is 1.49. The third-order valence-corrected chi connectivity index (χ3v) is 4.86. The lowest BCUT2D eigenvalue weighted by Gasteiger charge is -2.06. The molecule has 12 heteroatoms. The van der Waals surface area contributed by atoms with E-state index in [1.165, 1.54) is 28.0 Å². The Kier molecular flexibility index (Phi) is 6.23. The molecule has 154 valence electrons. The number of rotatable bonds is 8. The average molecular weight is 430 g/mol. The van der Waals surface area contributed by atoms with E-state index in [0.29, 0.717) is 16.1 Å². The van der Waals surface area contributed by atoms with E-state index in [1.807, 2.05) is 6.07 Å². The van der Waals surface area contributed by atoms with Gasteiger partial charge in [-0.15, -0.1) is 11.3 Å². The normalized spacial score (nSPS) is 10.5. The summed E-state index contributed by atoms with van der Waals surface area (Å²) >= 11 is 1.18. The first-order valence-corrected chi connectivity index (χ1v) is 9.48. The number of non-ortho nitro benzene ring substituents is 1. The van der Waals surface area contributed by atoms with Crippen molar-refractivity contribution in [3.05, 3.63) is 55.9 Å². The van der Waals surface area contributed by atoms with Crippen LogP contribution in [0, 0.1) is 21.4 Å². The van der Waals surface area contributed by atoms with Crippen LogP contribution in [0.5, 0.6) is 0 Å². The number of esters is 1. The minimum Gasteiger partial charge on any atom is -0.456 e. The van der Waals surface area contributed by atoms with Crippen LogP contribution in [-0.4, -0.2) is 28.0 Å². The molecule has 0 aliphatic carbocycles. The molecule has 0 saturated carbocycles. The summed E-state index contributed by atoms with van der Waals surface area (Å²) in [6.45, 7) is -0.370. The van der Waals surface area contributed by atoms with Gasteiger partial charge in [-0.25, -0.2) is 4.79 Å². The molecule has 0 unspecified atom stereocenters. The van der Waals surface area contributed by atoms with E-state index in [9.17, 15) is 24.5 Å². The van der Waals surface area contributed by atoms with Crippen molar-refractivity contribution in [1.29, 1.82) is 5.26 Å². The van der Waals surface area contributed by atoms with Crippen LogP contribution in [0.25, 0.3) is 11.1 Å². The molecule has 0 radical (unpaired) electrons. The molecule has 0 saturated heterocycles. The number of nitrogens with one attached hydrogen (secondary N) is 1. The highest BCUT2D eigenvalue weighted by Gasteiger charge is 2.15.